The molecule has 16 heterocycles. The van der Waals surface area contributed by atoms with E-state index in [-0.39, 0.29) is 5.69 Å². The molecule has 0 fully saturated rings. The molecule has 74 heavy (non-hydrogen) atoms. The summed E-state index contributed by atoms with van der Waals surface area (Å²) >= 11 is 10.4. The lowest BCUT2D eigenvalue weighted by Crippen LogP contribution is -2.11. The smallest absolute Gasteiger partial charge is 0.327 e. The molecule has 16 nitrogen and oxygen atoms in total. The number of hydrogen-bond donors (Lipinski definition) is 1. The van der Waals surface area contributed by atoms with E-state index in [0.29, 0.717) is 5.65 Å². The minimum absolute atomic E-state index is 0.126. The molecule has 0 saturated carbocycles. The molecular formula is C52H52N14O2S6. The fourth-order valence-corrected chi connectivity index (χ4v) is 12.3. The van der Waals surface area contributed by atoms with Crippen LogP contribution in [-0.2, 0) is 56.4 Å². The lowest BCUT2D eigenvalue weighted by atomic mass is 10.4. The lowest BCUT2D eigenvalue weighted by molar-refractivity contribution is 0.584. The third-order valence-corrected chi connectivity index (χ3v) is 16.7. The Hall–Kier alpha value is -7.60. The monoisotopic (exact) mass is 1100 g/mol. The van der Waals surface area contributed by atoms with Gasteiger partial charge in [-0.25, -0.2) is 9.78 Å². The largest absolute Gasteiger partial charge is 0.448 e. The van der Waals surface area contributed by atoms with Crippen LogP contribution < -0.4 is 5.69 Å². The molecule has 1 N–H and O–H groups in total. The number of imidazole rings is 1. The first-order valence-corrected chi connectivity index (χ1v) is 28.1. The molecule has 16 aromatic heterocycles. The van der Waals surface area contributed by atoms with Gasteiger partial charge in [0.2, 0.25) is 5.71 Å². The van der Waals surface area contributed by atoms with E-state index >= 15 is 0 Å². The van der Waals surface area contributed by atoms with Gasteiger partial charge in [-0.3, -0.25) is 28.3 Å². The average Bonchev–Trinajstić information content (AvgIpc) is 4.20. The van der Waals surface area contributed by atoms with Gasteiger partial charge in [0.05, 0.1) is 49.3 Å². The van der Waals surface area contributed by atoms with Crippen molar-refractivity contribution >= 4 is 152 Å². The molecule has 0 unspecified atom stereocenters. The van der Waals surface area contributed by atoms with Crippen molar-refractivity contribution in [2.24, 2.45) is 56.4 Å². The Kier molecular flexibility index (Phi) is 16.3. The number of nitrogens with zero attached hydrogens (tertiary/aromatic N) is 13. The van der Waals surface area contributed by atoms with E-state index in [1.165, 1.54) is 55.5 Å². The average molecular weight is 1100 g/mol. The van der Waals surface area contributed by atoms with E-state index in [1.54, 1.807) is 93.6 Å². The van der Waals surface area contributed by atoms with Gasteiger partial charge in [-0.05, 0) is 105 Å². The second-order valence-corrected chi connectivity index (χ2v) is 22.0. The van der Waals surface area contributed by atoms with Crippen LogP contribution in [-0.4, -0.2) is 67.4 Å². The van der Waals surface area contributed by atoms with Gasteiger partial charge in [-0.1, -0.05) is 0 Å². The topological polar surface area (TPSA) is 150 Å². The van der Waals surface area contributed by atoms with E-state index in [1.807, 2.05) is 114 Å². The molecule has 0 saturated heterocycles. The maximum absolute atomic E-state index is 11.0. The second kappa shape index (κ2) is 23.5. The highest BCUT2D eigenvalue weighted by Crippen LogP contribution is 2.23. The molecule has 0 radical (unpaired) electrons. The van der Waals surface area contributed by atoms with Crippen molar-refractivity contribution in [3.8, 4) is 0 Å². The van der Waals surface area contributed by atoms with Crippen LogP contribution >= 0.6 is 68.0 Å². The summed E-state index contributed by atoms with van der Waals surface area (Å²) in [6.45, 7) is 0. The van der Waals surface area contributed by atoms with Gasteiger partial charge in [-0.15, -0.1) is 68.0 Å². The number of pyridine rings is 1. The highest BCUT2D eigenvalue weighted by atomic mass is 32.1. The molecule has 0 bridgehead atoms. The Balaban J connectivity index is 0.000000104. The molecule has 16 rings (SSSR count). The van der Waals surface area contributed by atoms with Crippen molar-refractivity contribution < 1.29 is 4.42 Å². The molecule has 0 aliphatic carbocycles. The number of thiophene rings is 6. The van der Waals surface area contributed by atoms with Crippen molar-refractivity contribution in [1.29, 1.82) is 0 Å². The van der Waals surface area contributed by atoms with E-state index in [9.17, 15) is 4.79 Å². The van der Waals surface area contributed by atoms with Crippen LogP contribution in [0, 0.1) is 0 Å². The zero-order valence-corrected chi connectivity index (χ0v) is 46.6. The number of aromatic amines is 1. The van der Waals surface area contributed by atoms with Crippen molar-refractivity contribution in [3.63, 3.8) is 0 Å². The van der Waals surface area contributed by atoms with Crippen molar-refractivity contribution in [2.45, 2.75) is 0 Å². The molecule has 16 aromatic rings. The number of hydrogen-bond acceptors (Lipinski definition) is 13. The highest BCUT2D eigenvalue weighted by Gasteiger charge is 2.02. The van der Waals surface area contributed by atoms with Crippen LogP contribution in [0.1, 0.15) is 0 Å². The standard InChI is InChI=1S/C7H7N3O.C7H7NO.2C7H7NS.4C6H6N2S/c1-10-5-3-2-4-8-6(5)9-7(10)11;1-8-4-2-6-3-5-9-7(6)8;1-8-4-2-7-6(8)3-5-9-7;1-8-4-2-6-3-5-9-7(6)8;1-8-4-6-5(7-8)2-3-9-6;1-8-5-2-3-9-6(5)4-7-8;1-8-4-5-2-3-9-6(5)7-8;1-8-6-5(4-7-8)2-3-9-6/h2-4H,1H3,(H,8,9,11);3*2-5H,1H3;4*2-4H,1H3. The molecule has 0 aliphatic rings. The van der Waals surface area contributed by atoms with Crippen molar-refractivity contribution in [1.82, 2.24) is 67.4 Å². The number of rotatable bonds is 0. The van der Waals surface area contributed by atoms with Crippen LogP contribution in [0.3, 0.4) is 0 Å². The molecular weight excluding hydrogens is 1050 g/mol. The van der Waals surface area contributed by atoms with Crippen LogP contribution in [0.25, 0.3) is 83.6 Å². The maximum atomic E-state index is 11.0. The first kappa shape index (κ1) is 51.3. The molecule has 0 atom stereocenters. The third-order valence-electron chi connectivity index (χ3n) is 11.3. The van der Waals surface area contributed by atoms with Crippen LogP contribution in [0.2, 0.25) is 0 Å². The fraction of sp³-hybridized carbons (Fsp3) is 0.154. The van der Waals surface area contributed by atoms with Crippen molar-refractivity contribution in [3.05, 3.63) is 171 Å². The van der Waals surface area contributed by atoms with Crippen LogP contribution in [0.5, 0.6) is 0 Å². The molecule has 378 valence electrons. The van der Waals surface area contributed by atoms with Crippen LogP contribution in [0.4, 0.5) is 0 Å². The van der Waals surface area contributed by atoms with Crippen LogP contribution in [0.15, 0.2) is 170 Å². The predicted octanol–water partition coefficient (Wildman–Crippen LogP) is 13.1. The van der Waals surface area contributed by atoms with E-state index in [4.69, 9.17) is 4.42 Å². The summed E-state index contributed by atoms with van der Waals surface area (Å²) in [4.78, 5) is 21.3. The summed E-state index contributed by atoms with van der Waals surface area (Å²) in [5.41, 5.74) is 5.94. The van der Waals surface area contributed by atoms with Gasteiger partial charge in [0, 0.05) is 115 Å². The molecule has 0 aliphatic heterocycles. The molecule has 0 spiro atoms. The van der Waals surface area contributed by atoms with Crippen molar-refractivity contribution in [2.75, 3.05) is 0 Å². The van der Waals surface area contributed by atoms with Gasteiger partial charge in [0.25, 0.3) is 0 Å². The third kappa shape index (κ3) is 12.1. The van der Waals surface area contributed by atoms with Gasteiger partial charge in [0.15, 0.2) is 5.65 Å². The summed E-state index contributed by atoms with van der Waals surface area (Å²) in [6, 6.07) is 24.4. The summed E-state index contributed by atoms with van der Waals surface area (Å²) in [5, 5.41) is 34.1. The lowest BCUT2D eigenvalue weighted by Gasteiger charge is -1.88. The Morgan fingerprint density at radius 3 is 1.92 bits per heavy atom. The number of aryl methyl sites for hydroxylation is 8. The predicted molar refractivity (Wildman–Crippen MR) is 312 cm³/mol. The number of nitrogens with one attached hydrogen (secondary N) is 1. The number of furan rings is 1. The minimum Gasteiger partial charge on any atom is -0.448 e. The van der Waals surface area contributed by atoms with E-state index in [0.717, 1.165) is 27.0 Å². The van der Waals surface area contributed by atoms with Gasteiger partial charge < -0.3 is 18.1 Å². The van der Waals surface area contributed by atoms with E-state index < -0.39 is 0 Å². The van der Waals surface area contributed by atoms with E-state index in [2.05, 4.69) is 141 Å². The van der Waals surface area contributed by atoms with Gasteiger partial charge in [0.1, 0.15) is 20.0 Å². The summed E-state index contributed by atoms with van der Waals surface area (Å²) < 4.78 is 24.2. The zero-order valence-electron chi connectivity index (χ0n) is 41.7. The quantitative estimate of drug-likeness (QED) is 0.159. The first-order valence-electron chi connectivity index (χ1n) is 22.8. The minimum atomic E-state index is -0.126. The zero-order chi connectivity index (χ0) is 51.7. The maximum Gasteiger partial charge on any atom is 0.327 e. The first-order chi connectivity index (χ1) is 35.9. The number of aromatic nitrogens is 14. The SMILES string of the molecule is Cn1c(=O)[nH]c2ncccc21.Cn1cc2ccsc2n1.Cn1cc2sccc2n1.Cn1ccc2ccoc21.Cn1ccc2ccsc21.Cn1ccc2sccc21.Cn1ncc2ccsc21.Cn1ncc2sccc21. The Bertz CT molecular complexity index is 3830. The fourth-order valence-electron chi connectivity index (χ4n) is 7.50. The number of fused-ring (bicyclic) bond motifs is 8. The summed E-state index contributed by atoms with van der Waals surface area (Å²) in [5.74, 6) is 0. The molecule has 0 aromatic carbocycles. The molecule has 0 amide bonds. The normalized spacial score (nSPS) is 10.8. The Morgan fingerprint density at radius 2 is 1.18 bits per heavy atom. The van der Waals surface area contributed by atoms with Gasteiger partial charge in [-0.2, -0.15) is 20.4 Å². The number of H-pyrrole nitrogens is 1. The molecule has 22 heteroatoms. The summed E-state index contributed by atoms with van der Waals surface area (Å²) in [6.07, 6.45) is 17.3. The highest BCUT2D eigenvalue weighted by molar-refractivity contribution is 7.18. The van der Waals surface area contributed by atoms with Gasteiger partial charge >= 0.3 is 5.69 Å². The Morgan fingerprint density at radius 1 is 0.514 bits per heavy atom. The Labute approximate surface area is 448 Å². The second-order valence-electron chi connectivity index (χ2n) is 16.5. The summed E-state index contributed by atoms with van der Waals surface area (Å²) in [7, 11) is 15.6.